The molecular weight excluding hydrogens is 172 g/mol. The van der Waals surface area contributed by atoms with Crippen molar-refractivity contribution in [2.75, 3.05) is 0 Å². The topological polar surface area (TPSA) is 13.1 Å². The van der Waals surface area contributed by atoms with E-state index in [-0.39, 0.29) is 0 Å². The molecule has 2 aromatic rings. The van der Waals surface area contributed by atoms with Crippen LogP contribution in [0.15, 0.2) is 34.9 Å². The van der Waals surface area contributed by atoms with Crippen LogP contribution in [-0.4, -0.2) is 0 Å². The molecule has 0 bridgehead atoms. The third-order valence-corrected chi connectivity index (χ3v) is 3.39. The molecule has 1 aromatic carbocycles. The largest absolute Gasteiger partial charge is 0.464 e. The highest BCUT2D eigenvalue weighted by Gasteiger charge is 2.46. The highest BCUT2D eigenvalue weighted by atomic mass is 16.3. The second-order valence-electron chi connectivity index (χ2n) is 4.96. The van der Waals surface area contributed by atoms with Gasteiger partial charge in [0.1, 0.15) is 5.58 Å². The van der Waals surface area contributed by atoms with Gasteiger partial charge in [0.25, 0.3) is 0 Å². The first-order chi connectivity index (χ1) is 6.67. The zero-order chi connectivity index (χ0) is 9.76. The van der Waals surface area contributed by atoms with Gasteiger partial charge in [-0.15, -0.1) is 0 Å². The number of benzene rings is 1. The molecule has 1 saturated carbocycles. The summed E-state index contributed by atoms with van der Waals surface area (Å²) in [7, 11) is 0. The molecule has 1 fully saturated rings. The van der Waals surface area contributed by atoms with Crippen LogP contribution in [-0.2, 0) is 0 Å². The van der Waals surface area contributed by atoms with Crippen LogP contribution in [0.25, 0.3) is 11.0 Å². The summed E-state index contributed by atoms with van der Waals surface area (Å²) < 4.78 is 5.32. The number of furan rings is 1. The number of fused-ring (bicyclic) bond motifs is 1. The summed E-state index contributed by atoms with van der Waals surface area (Å²) in [5, 5.41) is 1.23. The first kappa shape index (κ1) is 8.10. The third kappa shape index (κ3) is 1.08. The average Bonchev–Trinajstić information content (AvgIpc) is 2.63. The predicted octanol–water partition coefficient (Wildman–Crippen LogP) is 3.95. The van der Waals surface area contributed by atoms with Crippen molar-refractivity contribution in [1.29, 1.82) is 0 Å². The van der Waals surface area contributed by atoms with Gasteiger partial charge >= 0.3 is 0 Å². The first-order valence-electron chi connectivity index (χ1n) is 5.14. The van der Waals surface area contributed by atoms with E-state index in [1.54, 1.807) is 6.26 Å². The van der Waals surface area contributed by atoms with E-state index < -0.39 is 0 Å². The summed E-state index contributed by atoms with van der Waals surface area (Å²) in [6.45, 7) is 4.66. The van der Waals surface area contributed by atoms with Gasteiger partial charge in [-0.2, -0.15) is 0 Å². The van der Waals surface area contributed by atoms with Gasteiger partial charge in [0.2, 0.25) is 0 Å². The van der Waals surface area contributed by atoms with Crippen molar-refractivity contribution in [2.24, 2.45) is 5.41 Å². The summed E-state index contributed by atoms with van der Waals surface area (Å²) in [5.41, 5.74) is 2.97. The first-order valence-corrected chi connectivity index (χ1v) is 5.14. The van der Waals surface area contributed by atoms with Crippen LogP contribution < -0.4 is 0 Å². The molecule has 1 aromatic heterocycles. The van der Waals surface area contributed by atoms with Crippen molar-refractivity contribution in [3.8, 4) is 0 Å². The molecular formula is C13H14O. The van der Waals surface area contributed by atoms with Crippen molar-refractivity contribution in [1.82, 2.24) is 0 Å². The van der Waals surface area contributed by atoms with E-state index in [0.29, 0.717) is 5.41 Å². The van der Waals surface area contributed by atoms with E-state index in [4.69, 9.17) is 4.42 Å². The van der Waals surface area contributed by atoms with Crippen molar-refractivity contribution in [3.63, 3.8) is 0 Å². The maximum atomic E-state index is 5.32. The summed E-state index contributed by atoms with van der Waals surface area (Å²) in [6, 6.07) is 8.58. The summed E-state index contributed by atoms with van der Waals surface area (Å²) in [6.07, 6.45) is 3.07. The Kier molecular flexibility index (Phi) is 1.40. The lowest BCUT2D eigenvalue weighted by atomic mass is 10.0. The molecule has 1 aliphatic rings. The molecule has 1 aliphatic carbocycles. The van der Waals surface area contributed by atoms with Gasteiger partial charge in [-0.05, 0) is 41.5 Å². The fourth-order valence-corrected chi connectivity index (χ4v) is 2.24. The Labute approximate surface area is 83.7 Å². The normalized spacial score (nSPS) is 24.0. The standard InChI is InChI=1S/C13H14O/c1-13(2)8-11(13)9-3-4-12-10(7-9)5-6-14-12/h3-7,11H,8H2,1-2H3. The Morgan fingerprint density at radius 1 is 1.29 bits per heavy atom. The Morgan fingerprint density at radius 3 is 2.79 bits per heavy atom. The zero-order valence-electron chi connectivity index (χ0n) is 8.58. The Hall–Kier alpha value is -1.24. The van der Waals surface area contributed by atoms with Crippen molar-refractivity contribution < 1.29 is 4.42 Å². The van der Waals surface area contributed by atoms with Crippen LogP contribution >= 0.6 is 0 Å². The highest BCUT2D eigenvalue weighted by Crippen LogP contribution is 2.58. The minimum Gasteiger partial charge on any atom is -0.464 e. The number of hydrogen-bond acceptors (Lipinski definition) is 1. The van der Waals surface area contributed by atoms with Crippen LogP contribution in [0.5, 0.6) is 0 Å². The van der Waals surface area contributed by atoms with Crippen molar-refractivity contribution in [3.05, 3.63) is 36.1 Å². The molecule has 72 valence electrons. The average molecular weight is 186 g/mol. The maximum Gasteiger partial charge on any atom is 0.133 e. The van der Waals surface area contributed by atoms with Crippen LogP contribution in [0.3, 0.4) is 0 Å². The fraction of sp³-hybridized carbons (Fsp3) is 0.385. The molecule has 1 heterocycles. The molecule has 14 heavy (non-hydrogen) atoms. The van der Waals surface area contributed by atoms with Gasteiger partial charge in [-0.25, -0.2) is 0 Å². The molecule has 1 nitrogen and oxygen atoms in total. The lowest BCUT2D eigenvalue weighted by Crippen LogP contribution is -1.88. The van der Waals surface area contributed by atoms with Crippen LogP contribution in [0.2, 0.25) is 0 Å². The molecule has 1 heteroatoms. The van der Waals surface area contributed by atoms with E-state index in [2.05, 4.69) is 32.0 Å². The van der Waals surface area contributed by atoms with Gasteiger partial charge < -0.3 is 4.42 Å². The number of rotatable bonds is 1. The van der Waals surface area contributed by atoms with Gasteiger partial charge in [0.05, 0.1) is 6.26 Å². The summed E-state index contributed by atoms with van der Waals surface area (Å²) >= 11 is 0. The van der Waals surface area contributed by atoms with Crippen LogP contribution in [0, 0.1) is 5.41 Å². The minimum absolute atomic E-state index is 0.511. The van der Waals surface area contributed by atoms with Crippen molar-refractivity contribution >= 4 is 11.0 Å². The smallest absolute Gasteiger partial charge is 0.133 e. The fourth-order valence-electron chi connectivity index (χ4n) is 2.24. The van der Waals surface area contributed by atoms with E-state index >= 15 is 0 Å². The lowest BCUT2D eigenvalue weighted by molar-refractivity contribution is 0.614. The monoisotopic (exact) mass is 186 g/mol. The van der Waals surface area contributed by atoms with Gasteiger partial charge in [0, 0.05) is 5.39 Å². The highest BCUT2D eigenvalue weighted by molar-refractivity contribution is 5.78. The van der Waals surface area contributed by atoms with Gasteiger partial charge in [-0.3, -0.25) is 0 Å². The molecule has 1 unspecified atom stereocenters. The Balaban J connectivity index is 2.07. The van der Waals surface area contributed by atoms with E-state index in [1.807, 2.05) is 6.07 Å². The van der Waals surface area contributed by atoms with E-state index in [9.17, 15) is 0 Å². The maximum absolute atomic E-state index is 5.32. The molecule has 0 spiro atoms. The minimum atomic E-state index is 0.511. The Morgan fingerprint density at radius 2 is 2.07 bits per heavy atom. The predicted molar refractivity (Wildman–Crippen MR) is 57.4 cm³/mol. The quantitative estimate of drug-likeness (QED) is 0.657. The van der Waals surface area contributed by atoms with Crippen LogP contribution in [0.1, 0.15) is 31.7 Å². The van der Waals surface area contributed by atoms with Gasteiger partial charge in [-0.1, -0.05) is 19.9 Å². The third-order valence-electron chi connectivity index (χ3n) is 3.39. The molecule has 0 radical (unpaired) electrons. The number of hydrogen-bond donors (Lipinski definition) is 0. The zero-order valence-corrected chi connectivity index (χ0v) is 8.58. The molecule has 1 atom stereocenters. The van der Waals surface area contributed by atoms with Gasteiger partial charge in [0.15, 0.2) is 0 Å². The van der Waals surface area contributed by atoms with Crippen LogP contribution in [0.4, 0.5) is 0 Å². The lowest BCUT2D eigenvalue weighted by Gasteiger charge is -2.03. The molecule has 0 aliphatic heterocycles. The molecule has 0 saturated heterocycles. The Bertz CT molecular complexity index is 479. The SMILES string of the molecule is CC1(C)CC1c1ccc2occc2c1. The van der Waals surface area contributed by atoms with Crippen molar-refractivity contribution in [2.45, 2.75) is 26.2 Å². The summed E-state index contributed by atoms with van der Waals surface area (Å²) in [4.78, 5) is 0. The second-order valence-corrected chi connectivity index (χ2v) is 4.96. The summed E-state index contributed by atoms with van der Waals surface area (Å²) in [5.74, 6) is 0.752. The molecule has 0 N–H and O–H groups in total. The van der Waals surface area contributed by atoms with E-state index in [1.165, 1.54) is 17.4 Å². The van der Waals surface area contributed by atoms with E-state index in [0.717, 1.165) is 11.5 Å². The molecule has 3 rings (SSSR count). The second kappa shape index (κ2) is 2.41. The molecule has 0 amide bonds.